The Morgan fingerprint density at radius 3 is 2.43 bits per heavy atom. The summed E-state index contributed by atoms with van der Waals surface area (Å²) in [7, 11) is 1.99. The van der Waals surface area contributed by atoms with E-state index < -0.39 is 0 Å². The maximum absolute atomic E-state index is 12.5. The zero-order chi connectivity index (χ0) is 24.9. The number of nitrogens with zero attached hydrogens (tertiary/aromatic N) is 6. The number of carbonyl (C=O) groups is 1. The molecule has 0 aliphatic rings. The number of rotatable bonds is 16. The summed E-state index contributed by atoms with van der Waals surface area (Å²) in [6.45, 7) is 10.5. The lowest BCUT2D eigenvalue weighted by Gasteiger charge is -2.21. The van der Waals surface area contributed by atoms with Gasteiger partial charge in [-0.1, -0.05) is 19.9 Å². The van der Waals surface area contributed by atoms with Crippen LogP contribution in [0.4, 0.5) is 0 Å². The molecule has 0 aliphatic heterocycles. The van der Waals surface area contributed by atoms with Crippen molar-refractivity contribution in [2.45, 2.75) is 59.2 Å². The Labute approximate surface area is 209 Å². The predicted molar refractivity (Wildman–Crippen MR) is 138 cm³/mol. The van der Waals surface area contributed by atoms with E-state index in [-0.39, 0.29) is 5.91 Å². The fraction of sp³-hybridized carbons (Fsp3) is 0.538. The molecule has 3 aromatic heterocycles. The van der Waals surface area contributed by atoms with Gasteiger partial charge in [0.1, 0.15) is 17.3 Å². The number of aromatic amines is 1. The molecule has 0 bridgehead atoms. The van der Waals surface area contributed by atoms with Crippen molar-refractivity contribution in [3.63, 3.8) is 0 Å². The van der Waals surface area contributed by atoms with Gasteiger partial charge in [-0.2, -0.15) is 0 Å². The number of H-pyrrole nitrogens is 1. The van der Waals surface area contributed by atoms with Gasteiger partial charge in [-0.3, -0.25) is 14.7 Å². The lowest BCUT2D eigenvalue weighted by Crippen LogP contribution is -2.29. The minimum Gasteiger partial charge on any atom is -0.351 e. The molecule has 0 atom stereocenters. The highest BCUT2D eigenvalue weighted by Gasteiger charge is 2.14. The standard InChI is InChI=1S/C26H40N8O/c1-4-14-33(15-5-2)16-7-6-10-30-26(35)23-9-8-22(18-31-23)19-34(20-24-27-11-12-28-24)21-25-29-13-17-32(25)3/h8-9,11-13,17-18H,4-7,10,14-16,19-21H2,1-3H3,(H,27,28)(H,30,35). The summed E-state index contributed by atoms with van der Waals surface area (Å²) in [6.07, 6.45) is 13.6. The molecule has 0 radical (unpaired) electrons. The van der Waals surface area contributed by atoms with Gasteiger partial charge in [0.05, 0.1) is 13.1 Å². The minimum absolute atomic E-state index is 0.115. The number of hydrogen-bond donors (Lipinski definition) is 2. The second-order valence-corrected chi connectivity index (χ2v) is 8.99. The van der Waals surface area contributed by atoms with Gasteiger partial charge in [-0.15, -0.1) is 0 Å². The fourth-order valence-electron chi connectivity index (χ4n) is 4.14. The van der Waals surface area contributed by atoms with Crippen molar-refractivity contribution in [3.8, 4) is 0 Å². The Kier molecular flexibility index (Phi) is 10.9. The van der Waals surface area contributed by atoms with E-state index >= 15 is 0 Å². The number of carbonyl (C=O) groups excluding carboxylic acids is 1. The fourth-order valence-corrected chi connectivity index (χ4v) is 4.14. The molecule has 190 valence electrons. The van der Waals surface area contributed by atoms with E-state index in [1.54, 1.807) is 18.5 Å². The molecule has 0 unspecified atom stereocenters. The Hall–Kier alpha value is -3.04. The minimum atomic E-state index is -0.115. The average molecular weight is 481 g/mol. The third-order valence-electron chi connectivity index (χ3n) is 5.94. The average Bonchev–Trinajstić information content (AvgIpc) is 3.51. The van der Waals surface area contributed by atoms with Gasteiger partial charge in [-0.05, 0) is 56.9 Å². The smallest absolute Gasteiger partial charge is 0.269 e. The second kappa shape index (κ2) is 14.4. The zero-order valence-electron chi connectivity index (χ0n) is 21.4. The number of hydrogen-bond acceptors (Lipinski definition) is 6. The third kappa shape index (κ3) is 8.92. The van der Waals surface area contributed by atoms with Crippen LogP contribution in [0, 0.1) is 0 Å². The molecule has 2 N–H and O–H groups in total. The van der Waals surface area contributed by atoms with E-state index in [0.29, 0.717) is 31.9 Å². The molecule has 9 heteroatoms. The number of nitrogens with one attached hydrogen (secondary N) is 2. The number of unbranched alkanes of at least 4 members (excludes halogenated alkanes) is 1. The molecule has 0 saturated heterocycles. The molecule has 0 fully saturated rings. The molecule has 3 rings (SSSR count). The second-order valence-electron chi connectivity index (χ2n) is 8.99. The van der Waals surface area contributed by atoms with E-state index in [2.05, 4.69) is 48.9 Å². The van der Waals surface area contributed by atoms with Crippen molar-refractivity contribution < 1.29 is 4.79 Å². The van der Waals surface area contributed by atoms with E-state index in [4.69, 9.17) is 0 Å². The molecular weight excluding hydrogens is 440 g/mol. The zero-order valence-corrected chi connectivity index (χ0v) is 21.4. The van der Waals surface area contributed by atoms with Gasteiger partial charge < -0.3 is 19.8 Å². The van der Waals surface area contributed by atoms with Crippen molar-refractivity contribution in [3.05, 3.63) is 66.0 Å². The summed E-state index contributed by atoms with van der Waals surface area (Å²) >= 11 is 0. The summed E-state index contributed by atoms with van der Waals surface area (Å²) in [5.74, 6) is 1.76. The summed E-state index contributed by atoms with van der Waals surface area (Å²) in [4.78, 5) is 33.7. The summed E-state index contributed by atoms with van der Waals surface area (Å²) in [5, 5.41) is 3.01. The molecule has 0 spiro atoms. The van der Waals surface area contributed by atoms with Crippen LogP contribution in [0.3, 0.4) is 0 Å². The van der Waals surface area contributed by atoms with Crippen molar-refractivity contribution in [2.75, 3.05) is 26.2 Å². The first-order valence-electron chi connectivity index (χ1n) is 12.7. The van der Waals surface area contributed by atoms with Crippen LogP contribution in [0.5, 0.6) is 0 Å². The first-order chi connectivity index (χ1) is 17.1. The van der Waals surface area contributed by atoms with Gasteiger partial charge in [0, 0.05) is 51.1 Å². The van der Waals surface area contributed by atoms with Crippen molar-refractivity contribution in [2.24, 2.45) is 7.05 Å². The molecular formula is C26H40N8O. The van der Waals surface area contributed by atoms with E-state index in [1.165, 1.54) is 12.8 Å². The molecule has 35 heavy (non-hydrogen) atoms. The number of aromatic nitrogens is 5. The Bertz CT molecular complexity index is 977. The summed E-state index contributed by atoms with van der Waals surface area (Å²) in [5.41, 5.74) is 1.49. The topological polar surface area (TPSA) is 95.0 Å². The number of amides is 1. The van der Waals surface area contributed by atoms with Crippen LogP contribution in [0.1, 0.15) is 67.2 Å². The quantitative estimate of drug-likeness (QED) is 0.305. The van der Waals surface area contributed by atoms with Crippen LogP contribution >= 0.6 is 0 Å². The summed E-state index contributed by atoms with van der Waals surface area (Å²) < 4.78 is 2.02. The lowest BCUT2D eigenvalue weighted by atomic mass is 10.2. The van der Waals surface area contributed by atoms with E-state index in [9.17, 15) is 4.79 Å². The first kappa shape index (κ1) is 26.6. The third-order valence-corrected chi connectivity index (χ3v) is 5.94. The number of imidazole rings is 2. The highest BCUT2D eigenvalue weighted by molar-refractivity contribution is 5.92. The largest absolute Gasteiger partial charge is 0.351 e. The van der Waals surface area contributed by atoms with Crippen LogP contribution in [0.15, 0.2) is 43.1 Å². The van der Waals surface area contributed by atoms with Crippen molar-refractivity contribution in [1.29, 1.82) is 0 Å². The number of aryl methyl sites for hydroxylation is 1. The monoisotopic (exact) mass is 480 g/mol. The van der Waals surface area contributed by atoms with Crippen molar-refractivity contribution >= 4 is 5.91 Å². The highest BCUT2D eigenvalue weighted by atomic mass is 16.1. The maximum atomic E-state index is 12.5. The summed E-state index contributed by atoms with van der Waals surface area (Å²) in [6, 6.07) is 3.78. The van der Waals surface area contributed by atoms with Crippen LogP contribution in [-0.4, -0.2) is 66.4 Å². The maximum Gasteiger partial charge on any atom is 0.269 e. The Balaban J connectivity index is 1.48. The van der Waals surface area contributed by atoms with Crippen LogP contribution in [0.25, 0.3) is 0 Å². The van der Waals surface area contributed by atoms with Crippen LogP contribution < -0.4 is 5.32 Å². The van der Waals surface area contributed by atoms with Gasteiger partial charge in [0.2, 0.25) is 0 Å². The molecule has 1 amide bonds. The first-order valence-corrected chi connectivity index (χ1v) is 12.7. The van der Waals surface area contributed by atoms with Crippen LogP contribution in [-0.2, 0) is 26.7 Å². The van der Waals surface area contributed by atoms with Crippen LogP contribution in [0.2, 0.25) is 0 Å². The SMILES string of the molecule is CCCN(CCC)CCCCNC(=O)c1ccc(CN(Cc2ncc[nH]2)Cc2nccn2C)cn1. The van der Waals surface area contributed by atoms with Crippen molar-refractivity contribution in [1.82, 2.24) is 39.6 Å². The molecule has 0 saturated carbocycles. The van der Waals surface area contributed by atoms with E-state index in [0.717, 1.165) is 49.7 Å². The highest BCUT2D eigenvalue weighted by Crippen LogP contribution is 2.12. The normalized spacial score (nSPS) is 11.5. The predicted octanol–water partition coefficient (Wildman–Crippen LogP) is 3.37. The van der Waals surface area contributed by atoms with E-state index in [1.807, 2.05) is 36.3 Å². The lowest BCUT2D eigenvalue weighted by molar-refractivity contribution is 0.0947. The molecule has 9 nitrogen and oxygen atoms in total. The van der Waals surface area contributed by atoms with Gasteiger partial charge in [-0.25, -0.2) is 9.97 Å². The Morgan fingerprint density at radius 1 is 0.971 bits per heavy atom. The molecule has 3 heterocycles. The Morgan fingerprint density at radius 2 is 1.80 bits per heavy atom. The van der Waals surface area contributed by atoms with Gasteiger partial charge >= 0.3 is 0 Å². The molecule has 0 aromatic carbocycles. The van der Waals surface area contributed by atoms with Gasteiger partial charge in [0.25, 0.3) is 5.91 Å². The molecule has 3 aromatic rings. The van der Waals surface area contributed by atoms with Gasteiger partial charge in [0.15, 0.2) is 0 Å². The number of pyridine rings is 1. The molecule has 0 aliphatic carbocycles.